The van der Waals surface area contributed by atoms with E-state index in [1.54, 1.807) is 6.07 Å². The molecule has 0 spiro atoms. The molecule has 0 amide bonds. The van der Waals surface area contributed by atoms with E-state index < -0.39 is 0 Å². The van der Waals surface area contributed by atoms with Crippen LogP contribution >= 0.6 is 0 Å². The molecule has 1 rings (SSSR count). The molecule has 0 saturated heterocycles. The summed E-state index contributed by atoms with van der Waals surface area (Å²) in [5.74, 6) is 0.160. The molecule has 0 unspecified atom stereocenters. The number of carbonyl (C=O) groups excluding carboxylic acids is 1. The fourth-order valence-corrected chi connectivity index (χ4v) is 1.94. The smallest absolute Gasteiger partial charge is 0.307 e. The standard InChI is InChI=1S/C17H26FN3O2/c1-4-19-17(21-11-9-16(22)23-13(2)3)20-10-8-14-6-5-7-15(18)12-14/h5-7,12-13H,4,8-11H2,1-3H3,(H2,19,20,21). The van der Waals surface area contributed by atoms with Crippen molar-refractivity contribution < 1.29 is 13.9 Å². The van der Waals surface area contributed by atoms with Crippen molar-refractivity contribution >= 4 is 11.9 Å². The van der Waals surface area contributed by atoms with Crippen LogP contribution in [0.3, 0.4) is 0 Å². The zero-order chi connectivity index (χ0) is 17.1. The molecule has 0 aromatic heterocycles. The second-order valence-electron chi connectivity index (χ2n) is 5.36. The molecule has 2 N–H and O–H groups in total. The Morgan fingerprint density at radius 1 is 1.35 bits per heavy atom. The quantitative estimate of drug-likeness (QED) is 0.438. The predicted octanol–water partition coefficient (Wildman–Crippen LogP) is 2.26. The number of nitrogens with one attached hydrogen (secondary N) is 2. The van der Waals surface area contributed by atoms with Gasteiger partial charge in [-0.2, -0.15) is 0 Å². The number of ether oxygens (including phenoxy) is 1. The van der Waals surface area contributed by atoms with E-state index in [2.05, 4.69) is 15.6 Å². The summed E-state index contributed by atoms with van der Waals surface area (Å²) in [7, 11) is 0. The van der Waals surface area contributed by atoms with Crippen molar-refractivity contribution in [3.63, 3.8) is 0 Å². The van der Waals surface area contributed by atoms with Crippen LogP contribution in [0.4, 0.5) is 4.39 Å². The molecule has 128 valence electrons. The van der Waals surface area contributed by atoms with E-state index in [0.717, 1.165) is 12.1 Å². The first-order chi connectivity index (χ1) is 11.0. The Labute approximate surface area is 137 Å². The van der Waals surface area contributed by atoms with Crippen molar-refractivity contribution in [3.05, 3.63) is 35.6 Å². The number of nitrogens with zero attached hydrogens (tertiary/aromatic N) is 1. The third-order valence-electron chi connectivity index (χ3n) is 2.89. The summed E-state index contributed by atoms with van der Waals surface area (Å²) in [6.07, 6.45) is 0.833. The van der Waals surface area contributed by atoms with Crippen molar-refractivity contribution in [1.29, 1.82) is 0 Å². The van der Waals surface area contributed by atoms with Crippen LogP contribution in [-0.4, -0.2) is 37.7 Å². The van der Waals surface area contributed by atoms with Gasteiger partial charge in [0.15, 0.2) is 5.96 Å². The number of guanidine groups is 1. The summed E-state index contributed by atoms with van der Waals surface area (Å²) in [4.78, 5) is 15.8. The fourth-order valence-electron chi connectivity index (χ4n) is 1.94. The number of aliphatic imine (C=N–C) groups is 1. The van der Waals surface area contributed by atoms with Crippen LogP contribution in [0.1, 0.15) is 32.8 Å². The molecule has 1 aromatic rings. The highest BCUT2D eigenvalue weighted by atomic mass is 19.1. The normalized spacial score (nSPS) is 11.4. The lowest BCUT2D eigenvalue weighted by atomic mass is 10.1. The van der Waals surface area contributed by atoms with Gasteiger partial charge in [0.05, 0.1) is 19.1 Å². The van der Waals surface area contributed by atoms with Crippen LogP contribution in [0.15, 0.2) is 29.3 Å². The number of halogens is 1. The third kappa shape index (κ3) is 8.80. The molecular weight excluding hydrogens is 297 g/mol. The molecule has 0 aliphatic rings. The van der Waals surface area contributed by atoms with Gasteiger partial charge in [0.2, 0.25) is 0 Å². The average molecular weight is 323 g/mol. The number of carbonyl (C=O) groups is 1. The minimum Gasteiger partial charge on any atom is -0.463 e. The summed E-state index contributed by atoms with van der Waals surface area (Å²) in [6, 6.07) is 6.54. The van der Waals surface area contributed by atoms with E-state index in [-0.39, 0.29) is 24.3 Å². The van der Waals surface area contributed by atoms with Gasteiger partial charge in [0.25, 0.3) is 0 Å². The largest absolute Gasteiger partial charge is 0.463 e. The molecule has 0 fully saturated rings. The number of esters is 1. The summed E-state index contributed by atoms with van der Waals surface area (Å²) < 4.78 is 18.2. The first-order valence-corrected chi connectivity index (χ1v) is 7.97. The molecule has 0 heterocycles. The molecule has 5 nitrogen and oxygen atoms in total. The lowest BCUT2D eigenvalue weighted by Crippen LogP contribution is -2.38. The van der Waals surface area contributed by atoms with Gasteiger partial charge in [-0.25, -0.2) is 4.39 Å². The maximum absolute atomic E-state index is 13.1. The Balaban J connectivity index is 2.38. The predicted molar refractivity (Wildman–Crippen MR) is 89.9 cm³/mol. The Kier molecular flexibility index (Phi) is 8.72. The van der Waals surface area contributed by atoms with Crippen LogP contribution in [0.25, 0.3) is 0 Å². The zero-order valence-electron chi connectivity index (χ0n) is 14.1. The van der Waals surface area contributed by atoms with Crippen molar-refractivity contribution in [2.45, 2.75) is 39.7 Å². The van der Waals surface area contributed by atoms with Gasteiger partial charge in [0.1, 0.15) is 5.82 Å². The zero-order valence-corrected chi connectivity index (χ0v) is 14.1. The van der Waals surface area contributed by atoms with Gasteiger partial charge >= 0.3 is 5.97 Å². The van der Waals surface area contributed by atoms with Gasteiger partial charge < -0.3 is 15.4 Å². The summed E-state index contributed by atoms with van der Waals surface area (Å²) >= 11 is 0. The van der Waals surface area contributed by atoms with Gasteiger partial charge in [-0.1, -0.05) is 12.1 Å². The minimum atomic E-state index is -0.251. The van der Waals surface area contributed by atoms with Crippen LogP contribution < -0.4 is 10.6 Å². The van der Waals surface area contributed by atoms with Crippen LogP contribution in [0, 0.1) is 5.82 Å². The van der Waals surface area contributed by atoms with Crippen LogP contribution in [0.2, 0.25) is 0 Å². The van der Waals surface area contributed by atoms with Crippen molar-refractivity contribution in [3.8, 4) is 0 Å². The van der Waals surface area contributed by atoms with Crippen molar-refractivity contribution in [2.75, 3.05) is 19.6 Å². The molecule has 0 aliphatic carbocycles. The molecule has 0 radical (unpaired) electrons. The van der Waals surface area contributed by atoms with E-state index in [9.17, 15) is 9.18 Å². The summed E-state index contributed by atoms with van der Waals surface area (Å²) in [5, 5.41) is 6.27. The highest BCUT2D eigenvalue weighted by molar-refractivity contribution is 5.80. The maximum Gasteiger partial charge on any atom is 0.307 e. The molecule has 0 bridgehead atoms. The average Bonchev–Trinajstić information content (AvgIpc) is 2.46. The first-order valence-electron chi connectivity index (χ1n) is 7.97. The molecule has 23 heavy (non-hydrogen) atoms. The molecular formula is C17H26FN3O2. The van der Waals surface area contributed by atoms with Crippen molar-refractivity contribution in [1.82, 2.24) is 10.6 Å². The van der Waals surface area contributed by atoms with Crippen LogP contribution in [-0.2, 0) is 16.0 Å². The van der Waals surface area contributed by atoms with E-state index in [4.69, 9.17) is 4.74 Å². The van der Waals surface area contributed by atoms with E-state index >= 15 is 0 Å². The number of hydrogen-bond acceptors (Lipinski definition) is 3. The van der Waals surface area contributed by atoms with Gasteiger partial charge in [-0.05, 0) is 44.9 Å². The van der Waals surface area contributed by atoms with Crippen molar-refractivity contribution in [2.24, 2.45) is 4.99 Å². The SMILES string of the molecule is CCNC(=NCCC(=O)OC(C)C)NCCc1cccc(F)c1. The maximum atomic E-state index is 13.1. The highest BCUT2D eigenvalue weighted by Crippen LogP contribution is 2.03. The van der Waals surface area contributed by atoms with Crippen LogP contribution in [0.5, 0.6) is 0 Å². The third-order valence-corrected chi connectivity index (χ3v) is 2.89. The monoisotopic (exact) mass is 323 g/mol. The topological polar surface area (TPSA) is 62.7 Å². The van der Waals surface area contributed by atoms with Gasteiger partial charge in [-0.3, -0.25) is 9.79 Å². The minimum absolute atomic E-state index is 0.107. The lowest BCUT2D eigenvalue weighted by Gasteiger charge is -2.11. The molecule has 0 atom stereocenters. The van der Waals surface area contributed by atoms with E-state index in [1.165, 1.54) is 12.1 Å². The van der Waals surface area contributed by atoms with E-state index in [1.807, 2.05) is 26.8 Å². The van der Waals surface area contributed by atoms with E-state index in [0.29, 0.717) is 25.5 Å². The number of benzene rings is 1. The lowest BCUT2D eigenvalue weighted by molar-refractivity contribution is -0.147. The second-order valence-corrected chi connectivity index (χ2v) is 5.36. The summed E-state index contributed by atoms with van der Waals surface area (Å²) in [5.41, 5.74) is 0.925. The molecule has 0 saturated carbocycles. The molecule has 0 aliphatic heterocycles. The molecule has 6 heteroatoms. The summed E-state index contributed by atoms with van der Waals surface area (Å²) in [6.45, 7) is 7.32. The van der Waals surface area contributed by atoms with Gasteiger partial charge in [-0.15, -0.1) is 0 Å². The Hall–Kier alpha value is -2.11. The van der Waals surface area contributed by atoms with Gasteiger partial charge in [0, 0.05) is 13.1 Å². The number of rotatable bonds is 8. The second kappa shape index (κ2) is 10.6. The Morgan fingerprint density at radius 2 is 2.13 bits per heavy atom. The highest BCUT2D eigenvalue weighted by Gasteiger charge is 2.05. The first kappa shape index (κ1) is 18.9. The Morgan fingerprint density at radius 3 is 2.78 bits per heavy atom. The fraction of sp³-hybridized carbons (Fsp3) is 0.529. The number of hydrogen-bond donors (Lipinski definition) is 2. The Bertz CT molecular complexity index is 518. The molecule has 1 aromatic carbocycles.